The molecule has 1 aromatic carbocycles. The predicted molar refractivity (Wildman–Crippen MR) is 79.4 cm³/mol. The molecule has 1 heterocycles. The highest BCUT2D eigenvalue weighted by Gasteiger charge is 2.21. The number of ether oxygens (including phenoxy) is 1. The summed E-state index contributed by atoms with van der Waals surface area (Å²) in [5, 5.41) is 3.20. The molecule has 0 bridgehead atoms. The molecule has 0 amide bonds. The highest BCUT2D eigenvalue weighted by molar-refractivity contribution is 5.37. The van der Waals surface area contributed by atoms with E-state index >= 15 is 0 Å². The minimum atomic E-state index is 0.881. The highest BCUT2D eigenvalue weighted by Crippen LogP contribution is 2.26. The number of hydrogen-bond donors (Lipinski definition) is 1. The smallest absolute Gasteiger partial charge is 0.123 e. The van der Waals surface area contributed by atoms with Crippen molar-refractivity contribution < 1.29 is 4.74 Å². The third kappa shape index (κ3) is 3.71. The second-order valence-corrected chi connectivity index (χ2v) is 5.47. The fourth-order valence-electron chi connectivity index (χ4n) is 2.90. The number of nitrogens with zero attached hydrogens (tertiary/aromatic N) is 1. The van der Waals surface area contributed by atoms with Gasteiger partial charge in [0.05, 0.1) is 7.11 Å². The van der Waals surface area contributed by atoms with E-state index in [1.165, 1.54) is 37.1 Å². The average molecular weight is 262 g/mol. The monoisotopic (exact) mass is 262 g/mol. The maximum atomic E-state index is 5.49. The van der Waals surface area contributed by atoms with Crippen LogP contribution in [-0.4, -0.2) is 32.1 Å². The van der Waals surface area contributed by atoms with E-state index in [0.29, 0.717) is 0 Å². The molecule has 3 nitrogen and oxygen atoms in total. The van der Waals surface area contributed by atoms with Gasteiger partial charge >= 0.3 is 0 Å². The van der Waals surface area contributed by atoms with Gasteiger partial charge in [-0.15, -0.1) is 0 Å². The summed E-state index contributed by atoms with van der Waals surface area (Å²) in [5.41, 5.74) is 2.64. The van der Waals surface area contributed by atoms with Crippen LogP contribution in [0.1, 0.15) is 30.9 Å². The van der Waals surface area contributed by atoms with Crippen molar-refractivity contribution in [2.24, 2.45) is 5.92 Å². The zero-order valence-corrected chi connectivity index (χ0v) is 12.4. The predicted octanol–water partition coefficient (Wildman–Crippen LogP) is 2.65. The molecule has 0 saturated carbocycles. The van der Waals surface area contributed by atoms with Crippen LogP contribution in [0.2, 0.25) is 0 Å². The maximum Gasteiger partial charge on any atom is 0.123 e. The van der Waals surface area contributed by atoms with Gasteiger partial charge in [-0.25, -0.2) is 0 Å². The standard InChI is InChI=1S/C16H26N2O/c1-4-13-7-8-18(11-13)12-15-9-14(10-17-2)5-6-16(15)19-3/h5-6,9,13,17H,4,7-8,10-12H2,1-3H3. The van der Waals surface area contributed by atoms with Crippen molar-refractivity contribution in [2.45, 2.75) is 32.9 Å². The summed E-state index contributed by atoms with van der Waals surface area (Å²) in [6.07, 6.45) is 2.64. The van der Waals surface area contributed by atoms with E-state index in [9.17, 15) is 0 Å². The van der Waals surface area contributed by atoms with Gasteiger partial charge in [-0.2, -0.15) is 0 Å². The van der Waals surface area contributed by atoms with Crippen molar-refractivity contribution in [1.82, 2.24) is 10.2 Å². The Morgan fingerprint density at radius 2 is 2.26 bits per heavy atom. The fourth-order valence-corrected chi connectivity index (χ4v) is 2.90. The summed E-state index contributed by atoms with van der Waals surface area (Å²) < 4.78 is 5.49. The van der Waals surface area contributed by atoms with Gasteiger partial charge < -0.3 is 10.1 Å². The zero-order chi connectivity index (χ0) is 13.7. The van der Waals surface area contributed by atoms with Crippen molar-refractivity contribution in [3.05, 3.63) is 29.3 Å². The second-order valence-electron chi connectivity index (χ2n) is 5.47. The Bertz CT molecular complexity index is 406. The molecule has 1 aliphatic rings. The number of likely N-dealkylation sites (tertiary alicyclic amines) is 1. The van der Waals surface area contributed by atoms with E-state index in [-0.39, 0.29) is 0 Å². The first-order valence-electron chi connectivity index (χ1n) is 7.29. The molecular formula is C16H26N2O. The maximum absolute atomic E-state index is 5.49. The van der Waals surface area contributed by atoms with Gasteiger partial charge in [-0.3, -0.25) is 4.90 Å². The van der Waals surface area contributed by atoms with Crippen molar-refractivity contribution in [2.75, 3.05) is 27.2 Å². The molecule has 0 spiro atoms. The molecule has 0 radical (unpaired) electrons. The first kappa shape index (κ1) is 14.4. The molecule has 1 unspecified atom stereocenters. The topological polar surface area (TPSA) is 24.5 Å². The summed E-state index contributed by atoms with van der Waals surface area (Å²) in [7, 11) is 3.74. The van der Waals surface area contributed by atoms with Crippen LogP contribution in [0.3, 0.4) is 0 Å². The Morgan fingerprint density at radius 3 is 2.89 bits per heavy atom. The molecular weight excluding hydrogens is 236 g/mol. The molecule has 106 valence electrons. The molecule has 1 saturated heterocycles. The number of benzene rings is 1. The van der Waals surface area contributed by atoms with Gasteiger partial charge in [0.1, 0.15) is 5.75 Å². The average Bonchev–Trinajstić information content (AvgIpc) is 2.87. The Morgan fingerprint density at radius 1 is 1.42 bits per heavy atom. The normalized spacial score (nSPS) is 19.8. The van der Waals surface area contributed by atoms with Crippen LogP contribution in [-0.2, 0) is 13.1 Å². The van der Waals surface area contributed by atoms with E-state index in [1.807, 2.05) is 7.05 Å². The minimum Gasteiger partial charge on any atom is -0.496 e. The lowest BCUT2D eigenvalue weighted by Gasteiger charge is -2.18. The summed E-state index contributed by atoms with van der Waals surface area (Å²) in [6, 6.07) is 6.50. The third-order valence-electron chi connectivity index (χ3n) is 4.07. The summed E-state index contributed by atoms with van der Waals surface area (Å²) >= 11 is 0. The van der Waals surface area contributed by atoms with E-state index in [0.717, 1.165) is 24.8 Å². The number of hydrogen-bond acceptors (Lipinski definition) is 3. The largest absolute Gasteiger partial charge is 0.496 e. The van der Waals surface area contributed by atoms with Gasteiger partial charge in [0, 0.05) is 25.2 Å². The van der Waals surface area contributed by atoms with E-state index in [1.54, 1.807) is 7.11 Å². The lowest BCUT2D eigenvalue weighted by atomic mass is 10.1. The van der Waals surface area contributed by atoms with Crippen LogP contribution in [0.5, 0.6) is 5.75 Å². The molecule has 1 atom stereocenters. The molecule has 0 aromatic heterocycles. The molecule has 2 rings (SSSR count). The summed E-state index contributed by atoms with van der Waals surface area (Å²) in [4.78, 5) is 2.55. The van der Waals surface area contributed by atoms with Crippen LogP contribution in [0.4, 0.5) is 0 Å². The summed E-state index contributed by atoms with van der Waals surface area (Å²) in [5.74, 6) is 1.89. The Kier molecular flexibility index (Phi) is 5.23. The van der Waals surface area contributed by atoms with Crippen LogP contribution in [0.25, 0.3) is 0 Å². The molecule has 3 heteroatoms. The van der Waals surface area contributed by atoms with E-state index < -0.39 is 0 Å². The number of nitrogens with one attached hydrogen (secondary N) is 1. The van der Waals surface area contributed by atoms with Crippen molar-refractivity contribution in [3.8, 4) is 5.75 Å². The van der Waals surface area contributed by atoms with E-state index in [4.69, 9.17) is 4.74 Å². The fraction of sp³-hybridized carbons (Fsp3) is 0.625. The molecule has 19 heavy (non-hydrogen) atoms. The van der Waals surface area contributed by atoms with Crippen LogP contribution in [0.15, 0.2) is 18.2 Å². The van der Waals surface area contributed by atoms with Gasteiger partial charge in [-0.05, 0) is 43.6 Å². The molecule has 1 fully saturated rings. The SMILES string of the molecule is CCC1CCN(Cc2cc(CNC)ccc2OC)C1. The lowest BCUT2D eigenvalue weighted by molar-refractivity contribution is 0.307. The Hall–Kier alpha value is -1.06. The third-order valence-corrected chi connectivity index (χ3v) is 4.07. The minimum absolute atomic E-state index is 0.881. The van der Waals surface area contributed by atoms with Crippen molar-refractivity contribution >= 4 is 0 Å². The second kappa shape index (κ2) is 6.92. The first-order chi connectivity index (χ1) is 9.26. The van der Waals surface area contributed by atoms with Crippen molar-refractivity contribution in [3.63, 3.8) is 0 Å². The summed E-state index contributed by atoms with van der Waals surface area (Å²) in [6.45, 7) is 6.67. The van der Waals surface area contributed by atoms with Gasteiger partial charge in [0.15, 0.2) is 0 Å². The quantitative estimate of drug-likeness (QED) is 0.853. The molecule has 1 N–H and O–H groups in total. The zero-order valence-electron chi connectivity index (χ0n) is 12.4. The van der Waals surface area contributed by atoms with Crippen LogP contribution in [0, 0.1) is 5.92 Å². The van der Waals surface area contributed by atoms with Gasteiger partial charge in [0.2, 0.25) is 0 Å². The van der Waals surface area contributed by atoms with Gasteiger partial charge in [-0.1, -0.05) is 19.4 Å². The Balaban J connectivity index is 2.07. The Labute approximate surface area is 116 Å². The van der Waals surface area contributed by atoms with E-state index in [2.05, 4.69) is 35.3 Å². The van der Waals surface area contributed by atoms with Gasteiger partial charge in [0.25, 0.3) is 0 Å². The van der Waals surface area contributed by atoms with Crippen molar-refractivity contribution in [1.29, 1.82) is 0 Å². The molecule has 0 aliphatic carbocycles. The van der Waals surface area contributed by atoms with Crippen LogP contribution < -0.4 is 10.1 Å². The number of rotatable bonds is 6. The van der Waals surface area contributed by atoms with Crippen LogP contribution >= 0.6 is 0 Å². The lowest BCUT2D eigenvalue weighted by Crippen LogP contribution is -2.20. The highest BCUT2D eigenvalue weighted by atomic mass is 16.5. The molecule has 1 aromatic rings. The number of methoxy groups -OCH3 is 1. The first-order valence-corrected chi connectivity index (χ1v) is 7.29. The molecule has 1 aliphatic heterocycles.